The molecule has 30 heavy (non-hydrogen) atoms. The summed E-state index contributed by atoms with van der Waals surface area (Å²) in [6.07, 6.45) is 1.78. The van der Waals surface area contributed by atoms with Crippen molar-refractivity contribution in [1.82, 2.24) is 20.1 Å². The fourth-order valence-corrected chi connectivity index (χ4v) is 4.49. The van der Waals surface area contributed by atoms with Crippen molar-refractivity contribution in [3.8, 4) is 11.3 Å². The van der Waals surface area contributed by atoms with Crippen LogP contribution in [0.4, 0.5) is 4.39 Å². The molecule has 0 spiro atoms. The van der Waals surface area contributed by atoms with Crippen molar-refractivity contribution < 1.29 is 8.81 Å². The molecular formula is C22H22BrFN4OS. The first kappa shape index (κ1) is 21.0. The Labute approximate surface area is 189 Å². The third-order valence-electron chi connectivity index (χ3n) is 5.10. The van der Waals surface area contributed by atoms with Crippen LogP contribution in [0, 0.1) is 5.82 Å². The number of nitrogens with one attached hydrogen (secondary N) is 1. The van der Waals surface area contributed by atoms with Crippen LogP contribution in [-0.4, -0.2) is 47.1 Å². The zero-order valence-electron chi connectivity index (χ0n) is 16.7. The normalized spacial score (nSPS) is 18.8. The fraction of sp³-hybridized carbons (Fsp3) is 0.273. The van der Waals surface area contributed by atoms with E-state index in [2.05, 4.69) is 36.0 Å². The lowest BCUT2D eigenvalue weighted by molar-refractivity contribution is 0.250. The zero-order valence-corrected chi connectivity index (χ0v) is 19.1. The first-order valence-electron chi connectivity index (χ1n) is 9.62. The number of aromatic nitrogens is 1. The van der Waals surface area contributed by atoms with E-state index in [9.17, 15) is 4.39 Å². The number of hydrogen-bond donors (Lipinski definition) is 1. The highest BCUT2D eigenvalue weighted by atomic mass is 79.9. The van der Waals surface area contributed by atoms with Gasteiger partial charge in [0, 0.05) is 29.3 Å². The topological polar surface area (TPSA) is 44.5 Å². The van der Waals surface area contributed by atoms with Gasteiger partial charge >= 0.3 is 0 Å². The van der Waals surface area contributed by atoms with Gasteiger partial charge in [0.15, 0.2) is 5.11 Å². The molecular weight excluding hydrogens is 467 g/mol. The number of likely N-dealkylation sites (N-methyl/N-ethyl adjacent to an activating group) is 1. The van der Waals surface area contributed by atoms with E-state index in [0.29, 0.717) is 15.3 Å². The second-order valence-corrected chi connectivity index (χ2v) is 8.69. The van der Waals surface area contributed by atoms with Crippen molar-refractivity contribution in [3.63, 3.8) is 0 Å². The molecule has 3 aromatic rings. The average molecular weight is 489 g/mol. The summed E-state index contributed by atoms with van der Waals surface area (Å²) in [7, 11) is 4.07. The van der Waals surface area contributed by atoms with Crippen LogP contribution < -0.4 is 5.32 Å². The van der Waals surface area contributed by atoms with E-state index in [-0.39, 0.29) is 17.9 Å². The van der Waals surface area contributed by atoms with Crippen molar-refractivity contribution in [3.05, 3.63) is 76.5 Å². The third kappa shape index (κ3) is 4.26. The number of rotatable bonds is 6. The molecule has 4 rings (SSSR count). The van der Waals surface area contributed by atoms with E-state index < -0.39 is 0 Å². The Bertz CT molecular complexity index is 1040. The molecule has 1 aromatic carbocycles. The summed E-state index contributed by atoms with van der Waals surface area (Å²) in [4.78, 5) is 8.81. The first-order valence-corrected chi connectivity index (χ1v) is 10.8. The maximum Gasteiger partial charge on any atom is 0.170 e. The van der Waals surface area contributed by atoms with Crippen LogP contribution in [0.15, 0.2) is 63.6 Å². The van der Waals surface area contributed by atoms with Crippen molar-refractivity contribution in [2.75, 3.05) is 27.2 Å². The minimum atomic E-state index is -0.298. The summed E-state index contributed by atoms with van der Waals surface area (Å²) in [5, 5.41) is 4.10. The second-order valence-electron chi connectivity index (χ2n) is 7.45. The van der Waals surface area contributed by atoms with Gasteiger partial charge in [-0.2, -0.15) is 0 Å². The molecule has 1 fully saturated rings. The van der Waals surface area contributed by atoms with E-state index in [0.717, 1.165) is 30.1 Å². The number of halogens is 2. The van der Waals surface area contributed by atoms with Crippen LogP contribution in [0.25, 0.3) is 11.3 Å². The van der Waals surface area contributed by atoms with Crippen LogP contribution in [0.2, 0.25) is 0 Å². The molecule has 0 saturated carbocycles. The molecule has 2 aromatic heterocycles. The largest absolute Gasteiger partial charge is 0.459 e. The minimum absolute atomic E-state index is 0.128. The molecule has 0 amide bonds. The van der Waals surface area contributed by atoms with Crippen molar-refractivity contribution in [2.45, 2.75) is 12.1 Å². The third-order valence-corrected chi connectivity index (χ3v) is 6.11. The average Bonchev–Trinajstić information content (AvgIpc) is 3.31. The van der Waals surface area contributed by atoms with Gasteiger partial charge in [-0.15, -0.1) is 0 Å². The Kier molecular flexibility index (Phi) is 6.17. The van der Waals surface area contributed by atoms with Gasteiger partial charge in [-0.05, 0) is 84.7 Å². The molecule has 2 atom stereocenters. The number of pyridine rings is 1. The molecule has 5 nitrogen and oxygen atoms in total. The quantitative estimate of drug-likeness (QED) is 0.503. The van der Waals surface area contributed by atoms with Gasteiger partial charge < -0.3 is 19.5 Å². The maximum atomic E-state index is 13.5. The maximum absolute atomic E-state index is 13.5. The van der Waals surface area contributed by atoms with Gasteiger partial charge in [0.2, 0.25) is 0 Å². The smallest absolute Gasteiger partial charge is 0.170 e. The predicted molar refractivity (Wildman–Crippen MR) is 123 cm³/mol. The highest BCUT2D eigenvalue weighted by Gasteiger charge is 2.41. The van der Waals surface area contributed by atoms with Gasteiger partial charge in [0.1, 0.15) is 23.4 Å². The van der Waals surface area contributed by atoms with E-state index in [4.69, 9.17) is 16.6 Å². The highest BCUT2D eigenvalue weighted by Crippen LogP contribution is 2.41. The summed E-state index contributed by atoms with van der Waals surface area (Å²) < 4.78 is 20.4. The molecule has 1 aliphatic rings. The number of furan rings is 1. The summed E-state index contributed by atoms with van der Waals surface area (Å²) in [6.45, 7) is 1.60. The van der Waals surface area contributed by atoms with Gasteiger partial charge in [-0.1, -0.05) is 6.07 Å². The minimum Gasteiger partial charge on any atom is -0.459 e. The molecule has 0 aliphatic carbocycles. The van der Waals surface area contributed by atoms with Crippen molar-refractivity contribution in [1.29, 1.82) is 0 Å². The van der Waals surface area contributed by atoms with Gasteiger partial charge in [0.05, 0.1) is 11.7 Å². The molecule has 0 bridgehead atoms. The number of hydrogen-bond acceptors (Lipinski definition) is 4. The van der Waals surface area contributed by atoms with Gasteiger partial charge in [-0.3, -0.25) is 4.98 Å². The van der Waals surface area contributed by atoms with E-state index >= 15 is 0 Å². The predicted octanol–water partition coefficient (Wildman–Crippen LogP) is 4.78. The van der Waals surface area contributed by atoms with Crippen LogP contribution in [0.5, 0.6) is 0 Å². The molecule has 1 N–H and O–H groups in total. The van der Waals surface area contributed by atoms with Crippen LogP contribution in [-0.2, 0) is 0 Å². The zero-order chi connectivity index (χ0) is 21.3. The summed E-state index contributed by atoms with van der Waals surface area (Å²) >= 11 is 9.09. The lowest BCUT2D eigenvalue weighted by atomic mass is 10.0. The Balaban J connectivity index is 1.71. The molecule has 3 heterocycles. The molecule has 1 saturated heterocycles. The summed E-state index contributed by atoms with van der Waals surface area (Å²) in [5.41, 5.74) is 1.70. The monoisotopic (exact) mass is 488 g/mol. The SMILES string of the molecule is CN(C)CCN1C(=S)NC(c2ccccn2)C1c1ccc(-c2ccc(F)cc2Br)o1. The summed E-state index contributed by atoms with van der Waals surface area (Å²) in [5.74, 6) is 1.15. The van der Waals surface area contributed by atoms with Crippen LogP contribution >= 0.6 is 28.1 Å². The van der Waals surface area contributed by atoms with E-state index in [1.54, 1.807) is 12.3 Å². The number of thiocarbonyl (C=S) groups is 1. The standard InChI is InChI=1S/C22H22BrFN4OS/c1-27(2)11-12-28-21(20(26-22(28)30)17-5-3-4-10-25-17)19-9-8-18(29-19)15-7-6-14(24)13-16(15)23/h3-10,13,20-21H,11-12H2,1-2H3,(H,26,30). The van der Waals surface area contributed by atoms with Crippen molar-refractivity contribution >= 4 is 33.3 Å². The second kappa shape index (κ2) is 8.83. The van der Waals surface area contributed by atoms with E-state index in [1.807, 2.05) is 44.4 Å². The Morgan fingerprint density at radius 3 is 2.77 bits per heavy atom. The molecule has 2 unspecified atom stereocenters. The fourth-order valence-electron chi connectivity index (χ4n) is 3.61. The van der Waals surface area contributed by atoms with Gasteiger partial charge in [-0.25, -0.2) is 4.39 Å². The van der Waals surface area contributed by atoms with Crippen LogP contribution in [0.3, 0.4) is 0 Å². The Morgan fingerprint density at radius 1 is 1.23 bits per heavy atom. The van der Waals surface area contributed by atoms with E-state index in [1.165, 1.54) is 12.1 Å². The number of nitrogens with zero attached hydrogens (tertiary/aromatic N) is 3. The van der Waals surface area contributed by atoms with Gasteiger partial charge in [0.25, 0.3) is 0 Å². The van der Waals surface area contributed by atoms with Crippen molar-refractivity contribution in [2.24, 2.45) is 0 Å². The Hall–Kier alpha value is -2.29. The Morgan fingerprint density at radius 2 is 2.07 bits per heavy atom. The first-order chi connectivity index (χ1) is 14.4. The number of benzene rings is 1. The molecule has 156 valence electrons. The lowest BCUT2D eigenvalue weighted by Crippen LogP contribution is -2.35. The van der Waals surface area contributed by atoms with Crippen LogP contribution in [0.1, 0.15) is 23.5 Å². The summed E-state index contributed by atoms with van der Waals surface area (Å²) in [6, 6.07) is 14.0. The molecule has 8 heteroatoms. The molecule has 1 aliphatic heterocycles. The molecule has 0 radical (unpaired) electrons. The highest BCUT2D eigenvalue weighted by molar-refractivity contribution is 9.10. The lowest BCUT2D eigenvalue weighted by Gasteiger charge is -2.27.